The minimum atomic E-state index is -0.404. The smallest absolute Gasteiger partial charge is 0.280 e. The van der Waals surface area contributed by atoms with Crippen molar-refractivity contribution >= 4 is 23.4 Å². The second kappa shape index (κ2) is 6.03. The minimum Gasteiger partial charge on any atom is -0.356 e. The standard InChI is InChI=1S/C12H15N5O2/c1-2-3-4-5-13-12-16-10-9(11(19)17-12)15-8(7-18)6-14-10/h6-7H,2-5H2,1H3,(H2,13,14,16,17,19). The van der Waals surface area contributed by atoms with Crippen LogP contribution in [0.2, 0.25) is 0 Å². The van der Waals surface area contributed by atoms with E-state index in [0.717, 1.165) is 25.8 Å². The lowest BCUT2D eigenvalue weighted by atomic mass is 10.2. The summed E-state index contributed by atoms with van der Waals surface area (Å²) >= 11 is 0. The Morgan fingerprint density at radius 2 is 2.21 bits per heavy atom. The van der Waals surface area contributed by atoms with Gasteiger partial charge in [0.15, 0.2) is 17.5 Å². The topological polar surface area (TPSA) is 101 Å². The van der Waals surface area contributed by atoms with Crippen molar-refractivity contribution in [3.63, 3.8) is 0 Å². The number of anilines is 1. The van der Waals surface area contributed by atoms with Gasteiger partial charge in [-0.15, -0.1) is 0 Å². The summed E-state index contributed by atoms with van der Waals surface area (Å²) in [5.74, 6) is 0.377. The Kier molecular flexibility index (Phi) is 4.17. The third kappa shape index (κ3) is 3.12. The van der Waals surface area contributed by atoms with E-state index in [1.54, 1.807) is 0 Å². The summed E-state index contributed by atoms with van der Waals surface area (Å²) in [6.45, 7) is 2.86. The second-order valence-corrected chi connectivity index (χ2v) is 4.13. The molecule has 0 saturated carbocycles. The zero-order valence-electron chi connectivity index (χ0n) is 10.6. The fourth-order valence-corrected chi connectivity index (χ4v) is 1.65. The van der Waals surface area contributed by atoms with Gasteiger partial charge in [0.05, 0.1) is 6.20 Å². The molecule has 0 saturated heterocycles. The number of aromatic amines is 1. The lowest BCUT2D eigenvalue weighted by molar-refractivity contribution is 0.111. The van der Waals surface area contributed by atoms with Crippen molar-refractivity contribution in [2.24, 2.45) is 0 Å². The highest BCUT2D eigenvalue weighted by atomic mass is 16.1. The molecule has 0 aliphatic rings. The summed E-state index contributed by atoms with van der Waals surface area (Å²) in [6.07, 6.45) is 5.09. The molecule has 2 N–H and O–H groups in total. The number of nitrogens with one attached hydrogen (secondary N) is 2. The minimum absolute atomic E-state index is 0.0729. The molecule has 0 aromatic carbocycles. The molecule has 2 heterocycles. The van der Waals surface area contributed by atoms with Crippen molar-refractivity contribution in [1.82, 2.24) is 19.9 Å². The molecule has 0 radical (unpaired) electrons. The van der Waals surface area contributed by atoms with Crippen LogP contribution < -0.4 is 10.9 Å². The van der Waals surface area contributed by atoms with E-state index in [1.807, 2.05) is 0 Å². The molecule has 0 atom stereocenters. The summed E-state index contributed by atoms with van der Waals surface area (Å²) in [7, 11) is 0. The maximum atomic E-state index is 11.8. The van der Waals surface area contributed by atoms with Crippen LogP contribution in [0.3, 0.4) is 0 Å². The number of carbonyl (C=O) groups excluding carboxylic acids is 1. The first kappa shape index (κ1) is 13.1. The van der Waals surface area contributed by atoms with Crippen LogP contribution in [-0.4, -0.2) is 32.8 Å². The molecule has 0 bridgehead atoms. The fourth-order valence-electron chi connectivity index (χ4n) is 1.65. The van der Waals surface area contributed by atoms with Crippen LogP contribution in [-0.2, 0) is 0 Å². The van der Waals surface area contributed by atoms with E-state index in [9.17, 15) is 9.59 Å². The number of carbonyl (C=O) groups is 1. The van der Waals surface area contributed by atoms with E-state index in [2.05, 4.69) is 32.2 Å². The van der Waals surface area contributed by atoms with Gasteiger partial charge in [0.1, 0.15) is 5.69 Å². The number of aromatic nitrogens is 4. The maximum Gasteiger partial charge on any atom is 0.280 e. The van der Waals surface area contributed by atoms with Crippen LogP contribution in [0.1, 0.15) is 36.7 Å². The highest BCUT2D eigenvalue weighted by Gasteiger charge is 2.07. The van der Waals surface area contributed by atoms with Crippen LogP contribution in [0.15, 0.2) is 11.0 Å². The molecule has 0 spiro atoms. The normalized spacial score (nSPS) is 10.6. The van der Waals surface area contributed by atoms with E-state index in [4.69, 9.17) is 0 Å². The summed E-state index contributed by atoms with van der Waals surface area (Å²) in [5, 5.41) is 3.04. The zero-order valence-corrected chi connectivity index (χ0v) is 10.6. The summed E-state index contributed by atoms with van der Waals surface area (Å²) in [6, 6.07) is 0. The molecule has 2 aromatic rings. The van der Waals surface area contributed by atoms with Gasteiger partial charge in [-0.25, -0.2) is 9.97 Å². The third-order valence-corrected chi connectivity index (χ3v) is 2.63. The zero-order chi connectivity index (χ0) is 13.7. The van der Waals surface area contributed by atoms with E-state index in [0.29, 0.717) is 12.2 Å². The van der Waals surface area contributed by atoms with Gasteiger partial charge in [-0.1, -0.05) is 19.8 Å². The summed E-state index contributed by atoms with van der Waals surface area (Å²) < 4.78 is 0. The number of H-pyrrole nitrogens is 1. The number of fused-ring (bicyclic) bond motifs is 1. The fraction of sp³-hybridized carbons (Fsp3) is 0.417. The SMILES string of the molecule is CCCCCNc1nc2ncc(C=O)nc2c(=O)[nH]1. The van der Waals surface area contributed by atoms with Gasteiger partial charge in [-0.05, 0) is 6.42 Å². The van der Waals surface area contributed by atoms with Crippen LogP contribution >= 0.6 is 0 Å². The van der Waals surface area contributed by atoms with Gasteiger partial charge in [0.25, 0.3) is 5.56 Å². The molecule has 2 rings (SSSR count). The average molecular weight is 261 g/mol. The van der Waals surface area contributed by atoms with E-state index in [-0.39, 0.29) is 16.9 Å². The van der Waals surface area contributed by atoms with E-state index in [1.165, 1.54) is 6.20 Å². The highest BCUT2D eigenvalue weighted by Crippen LogP contribution is 2.04. The van der Waals surface area contributed by atoms with Crippen molar-refractivity contribution < 1.29 is 4.79 Å². The average Bonchev–Trinajstić information content (AvgIpc) is 2.43. The molecule has 2 aromatic heterocycles. The predicted molar refractivity (Wildman–Crippen MR) is 71.4 cm³/mol. The number of hydrogen-bond acceptors (Lipinski definition) is 6. The highest BCUT2D eigenvalue weighted by molar-refractivity contribution is 5.77. The number of nitrogens with zero attached hydrogens (tertiary/aromatic N) is 3. The molecule has 19 heavy (non-hydrogen) atoms. The van der Waals surface area contributed by atoms with Gasteiger partial charge < -0.3 is 5.32 Å². The molecular formula is C12H15N5O2. The first-order chi connectivity index (χ1) is 9.24. The first-order valence-electron chi connectivity index (χ1n) is 6.20. The van der Waals surface area contributed by atoms with Crippen molar-refractivity contribution in [3.05, 3.63) is 22.2 Å². The summed E-state index contributed by atoms with van der Waals surface area (Å²) in [5.41, 5.74) is 0.0127. The number of hydrogen-bond donors (Lipinski definition) is 2. The predicted octanol–water partition coefficient (Wildman–Crippen LogP) is 1.13. The largest absolute Gasteiger partial charge is 0.356 e. The lowest BCUT2D eigenvalue weighted by Crippen LogP contribution is -2.16. The molecule has 7 nitrogen and oxygen atoms in total. The van der Waals surface area contributed by atoms with E-state index >= 15 is 0 Å². The quantitative estimate of drug-likeness (QED) is 0.597. The van der Waals surface area contributed by atoms with Crippen LogP contribution in [0.4, 0.5) is 5.95 Å². The van der Waals surface area contributed by atoms with Crippen molar-refractivity contribution in [3.8, 4) is 0 Å². The Hall–Kier alpha value is -2.31. The molecule has 0 fully saturated rings. The second-order valence-electron chi connectivity index (χ2n) is 4.13. The molecule has 0 amide bonds. The number of rotatable bonds is 6. The van der Waals surface area contributed by atoms with Crippen LogP contribution in [0.5, 0.6) is 0 Å². The number of unbranched alkanes of at least 4 members (excludes halogenated alkanes) is 2. The summed E-state index contributed by atoms with van der Waals surface area (Å²) in [4.78, 5) is 37.0. The molecule has 0 aliphatic heterocycles. The first-order valence-corrected chi connectivity index (χ1v) is 6.20. The van der Waals surface area contributed by atoms with Gasteiger partial charge >= 0.3 is 0 Å². The Morgan fingerprint density at radius 3 is 2.95 bits per heavy atom. The Balaban J connectivity index is 2.24. The Labute approximate surface area is 109 Å². The van der Waals surface area contributed by atoms with Crippen molar-refractivity contribution in [1.29, 1.82) is 0 Å². The van der Waals surface area contributed by atoms with Crippen LogP contribution in [0, 0.1) is 0 Å². The monoisotopic (exact) mass is 261 g/mol. The maximum absolute atomic E-state index is 11.8. The van der Waals surface area contributed by atoms with Gasteiger partial charge in [-0.2, -0.15) is 4.98 Å². The van der Waals surface area contributed by atoms with Gasteiger partial charge in [0, 0.05) is 6.54 Å². The molecule has 100 valence electrons. The van der Waals surface area contributed by atoms with Gasteiger partial charge in [0.2, 0.25) is 5.95 Å². The van der Waals surface area contributed by atoms with Crippen molar-refractivity contribution in [2.75, 3.05) is 11.9 Å². The molecular weight excluding hydrogens is 246 g/mol. The molecule has 0 aliphatic carbocycles. The van der Waals surface area contributed by atoms with Crippen molar-refractivity contribution in [2.45, 2.75) is 26.2 Å². The Bertz CT molecular complexity index is 638. The van der Waals surface area contributed by atoms with E-state index < -0.39 is 5.56 Å². The van der Waals surface area contributed by atoms with Gasteiger partial charge in [-0.3, -0.25) is 14.6 Å². The molecule has 0 unspecified atom stereocenters. The molecule has 7 heteroatoms. The lowest BCUT2D eigenvalue weighted by Gasteiger charge is -2.05. The Morgan fingerprint density at radius 1 is 1.37 bits per heavy atom. The number of aldehydes is 1. The van der Waals surface area contributed by atoms with Crippen LogP contribution in [0.25, 0.3) is 11.2 Å². The third-order valence-electron chi connectivity index (χ3n) is 2.63.